The topological polar surface area (TPSA) is 20.2 Å². The van der Waals surface area contributed by atoms with Gasteiger partial charge in [0.15, 0.2) is 0 Å². The Morgan fingerprint density at radius 2 is 1.74 bits per heavy atom. The zero-order valence-electron chi connectivity index (χ0n) is 13.2. The number of benzene rings is 1. The fourth-order valence-corrected chi connectivity index (χ4v) is 2.80. The van der Waals surface area contributed by atoms with E-state index in [-0.39, 0.29) is 31.4 Å². The molecule has 1 aliphatic rings. The maximum atomic E-state index is 9.00. The average molecular weight is 428 g/mol. The Balaban J connectivity index is 0.000000902. The fraction of sp³-hybridized carbons (Fsp3) is 0.263. The summed E-state index contributed by atoms with van der Waals surface area (Å²) in [5.74, 6) is 0.393. The van der Waals surface area contributed by atoms with Gasteiger partial charge in [-0.05, 0) is 35.5 Å². The van der Waals surface area contributed by atoms with Gasteiger partial charge in [-0.1, -0.05) is 30.3 Å². The molecule has 0 saturated heterocycles. The van der Waals surface area contributed by atoms with Crippen LogP contribution < -0.4 is 24.8 Å². The molecule has 0 saturated carbocycles. The van der Waals surface area contributed by atoms with Crippen LogP contribution in [0.15, 0.2) is 54.6 Å². The molecule has 2 aromatic rings. The molecular formula is C19H21Cl2OZr-. The van der Waals surface area contributed by atoms with Gasteiger partial charge in [-0.25, -0.2) is 12.1 Å². The second kappa shape index (κ2) is 12.0. The van der Waals surface area contributed by atoms with E-state index >= 15 is 0 Å². The molecule has 1 nitrogen and oxygen atoms in total. The predicted octanol–water partition coefficient (Wildman–Crippen LogP) is -1.93. The van der Waals surface area contributed by atoms with Gasteiger partial charge in [0.1, 0.15) is 0 Å². The van der Waals surface area contributed by atoms with Crippen molar-refractivity contribution in [3.63, 3.8) is 0 Å². The Hall–Kier alpha value is -0.397. The zero-order valence-corrected chi connectivity index (χ0v) is 17.1. The van der Waals surface area contributed by atoms with E-state index < -0.39 is 0 Å². The average Bonchev–Trinajstić information content (AvgIpc) is 3.13. The molecule has 0 fully saturated rings. The third-order valence-corrected chi connectivity index (χ3v) is 3.66. The number of halogens is 2. The maximum absolute atomic E-state index is 9.00. The Morgan fingerprint density at radius 1 is 1.13 bits per heavy atom. The molecule has 0 bridgehead atoms. The van der Waals surface area contributed by atoms with Crippen LogP contribution >= 0.6 is 0 Å². The van der Waals surface area contributed by atoms with Gasteiger partial charge in [0.25, 0.3) is 0 Å². The Kier molecular flexibility index (Phi) is 11.8. The van der Waals surface area contributed by atoms with E-state index in [1.807, 2.05) is 6.92 Å². The third-order valence-electron chi connectivity index (χ3n) is 3.66. The van der Waals surface area contributed by atoms with Crippen LogP contribution in [0.4, 0.5) is 0 Å². The molecule has 0 aromatic heterocycles. The van der Waals surface area contributed by atoms with Crippen LogP contribution in [0.2, 0.25) is 0 Å². The van der Waals surface area contributed by atoms with Crippen molar-refractivity contribution in [2.45, 2.75) is 25.7 Å². The molecular weight excluding hydrogens is 406 g/mol. The van der Waals surface area contributed by atoms with Crippen molar-refractivity contribution in [1.82, 2.24) is 0 Å². The van der Waals surface area contributed by atoms with Crippen LogP contribution in [-0.4, -0.2) is 15.4 Å². The second-order valence-electron chi connectivity index (χ2n) is 5.09. The molecule has 2 aromatic carbocycles. The van der Waals surface area contributed by atoms with Gasteiger partial charge in [-0.2, -0.15) is 12.1 Å². The van der Waals surface area contributed by atoms with E-state index in [0.717, 1.165) is 12.8 Å². The molecule has 0 spiro atoms. The summed E-state index contributed by atoms with van der Waals surface area (Å²) in [6.07, 6.45) is 4.16. The Morgan fingerprint density at radius 3 is 2.35 bits per heavy atom. The molecule has 0 heterocycles. The summed E-state index contributed by atoms with van der Waals surface area (Å²) in [4.78, 5) is 0. The van der Waals surface area contributed by atoms with Crippen LogP contribution in [0, 0.1) is 0 Å². The summed E-state index contributed by atoms with van der Waals surface area (Å²) in [6.45, 7) is 2.30. The molecule has 1 N–H and O–H groups in total. The minimum Gasteiger partial charge on any atom is -1.00 e. The molecule has 4 heteroatoms. The predicted molar refractivity (Wildman–Crippen MR) is 86.4 cm³/mol. The summed E-state index contributed by atoms with van der Waals surface area (Å²) in [5.41, 5.74) is 5.50. The van der Waals surface area contributed by atoms with Crippen LogP contribution in [-0.2, 0) is 24.2 Å². The minimum absolute atomic E-state index is 0. The fourth-order valence-electron chi connectivity index (χ4n) is 2.80. The number of aliphatic hydroxyl groups excluding tert-OH is 1. The van der Waals surface area contributed by atoms with E-state index in [1.165, 1.54) is 46.5 Å². The number of hydrogen-bond acceptors (Lipinski definition) is 1. The van der Waals surface area contributed by atoms with Crippen molar-refractivity contribution >= 4 is 9.28 Å². The zero-order chi connectivity index (χ0) is 15.1. The molecule has 0 aliphatic heterocycles. The van der Waals surface area contributed by atoms with E-state index in [2.05, 4.69) is 58.3 Å². The molecule has 1 aliphatic carbocycles. The Bertz CT molecular complexity index is 606. The largest absolute Gasteiger partial charge is 1.00 e. The van der Waals surface area contributed by atoms with Crippen molar-refractivity contribution < 1.29 is 54.2 Å². The van der Waals surface area contributed by atoms with Gasteiger partial charge in [0.2, 0.25) is 0 Å². The first kappa shape index (κ1) is 22.6. The van der Waals surface area contributed by atoms with Gasteiger partial charge in [-0.15, -0.1) is 5.56 Å². The molecule has 0 radical (unpaired) electrons. The van der Waals surface area contributed by atoms with Crippen LogP contribution in [0.3, 0.4) is 0 Å². The molecule has 0 amide bonds. The van der Waals surface area contributed by atoms with Crippen LogP contribution in [0.1, 0.15) is 42.4 Å². The van der Waals surface area contributed by atoms with Crippen LogP contribution in [0.5, 0.6) is 0 Å². The first-order valence-electron chi connectivity index (χ1n) is 7.39. The number of fused-ring (bicyclic) bond motifs is 1. The van der Waals surface area contributed by atoms with Gasteiger partial charge in [0, 0.05) is 6.61 Å². The van der Waals surface area contributed by atoms with Crippen molar-refractivity contribution in [2.24, 2.45) is 0 Å². The van der Waals surface area contributed by atoms with Gasteiger partial charge >= 0.3 is 34.9 Å². The number of rotatable bonds is 4. The van der Waals surface area contributed by atoms with Gasteiger partial charge < -0.3 is 29.9 Å². The van der Waals surface area contributed by atoms with E-state index in [1.54, 1.807) is 0 Å². The molecule has 3 rings (SSSR count). The van der Waals surface area contributed by atoms with Crippen molar-refractivity contribution in [3.8, 4) is 0 Å². The van der Waals surface area contributed by atoms with Crippen molar-refractivity contribution in [1.29, 1.82) is 0 Å². The van der Waals surface area contributed by atoms with Crippen LogP contribution in [0.25, 0.3) is 5.57 Å². The number of allylic oxidation sites excluding steroid dienone is 2. The second-order valence-corrected chi connectivity index (χ2v) is 6.51. The van der Waals surface area contributed by atoms with E-state index in [4.69, 9.17) is 5.11 Å². The summed E-state index contributed by atoms with van der Waals surface area (Å²) >= 11 is 1.51. The number of hydrogen-bond donors (Lipinski definition) is 1. The van der Waals surface area contributed by atoms with Gasteiger partial charge in [0.05, 0.1) is 0 Å². The maximum Gasteiger partial charge on any atom is 0.0434 e. The molecule has 122 valence electrons. The normalized spacial score (nSPS) is 14.4. The minimum atomic E-state index is 0. The molecule has 23 heavy (non-hydrogen) atoms. The smallest absolute Gasteiger partial charge is 0.0434 e. The van der Waals surface area contributed by atoms with Crippen molar-refractivity contribution in [3.05, 3.63) is 71.3 Å². The summed E-state index contributed by atoms with van der Waals surface area (Å²) in [7, 11) is 0. The Labute approximate surface area is 166 Å². The van der Waals surface area contributed by atoms with E-state index in [0.29, 0.717) is 5.92 Å². The monoisotopic (exact) mass is 425 g/mol. The third kappa shape index (κ3) is 5.87. The van der Waals surface area contributed by atoms with E-state index in [9.17, 15) is 0 Å². The molecule has 1 atom stereocenters. The summed E-state index contributed by atoms with van der Waals surface area (Å²) in [6, 6.07) is 17.2. The van der Waals surface area contributed by atoms with Crippen molar-refractivity contribution in [2.75, 3.05) is 6.61 Å². The first-order valence-corrected chi connectivity index (χ1v) is 8.81. The molecule has 1 unspecified atom stereocenters. The quantitative estimate of drug-likeness (QED) is 0.564. The van der Waals surface area contributed by atoms with Gasteiger partial charge in [-0.3, -0.25) is 0 Å². The first-order chi connectivity index (χ1) is 10.3. The summed E-state index contributed by atoms with van der Waals surface area (Å²) < 4.78 is 2.09. The SMILES string of the molecule is C[CH]=[Zr+2].OCCCC1=CC([c-]2cccc2)c2ccccc21.[Cl-].[Cl-]. The number of aliphatic hydroxyl groups is 1. The summed E-state index contributed by atoms with van der Waals surface area (Å²) in [5, 5.41) is 9.00. The standard InChI is InChI=1S/C17H17O.C2H4.2ClH.Zr/c18-11-5-8-14-12-17(13-6-1-2-7-13)16-10-4-3-9-15(14)16;1-2;;;/h1-4,6-7,9-10,12,17-18H,5,8,11H2;1H,2H3;2*1H;/q-1;;;;+2/p-2.